The van der Waals surface area contributed by atoms with E-state index in [4.69, 9.17) is 4.74 Å². The smallest absolute Gasteiger partial charge is 0.281 e. The van der Waals surface area contributed by atoms with Crippen molar-refractivity contribution in [3.05, 3.63) is 57.5 Å². The van der Waals surface area contributed by atoms with Crippen LogP contribution in [0.4, 0.5) is 0 Å². The van der Waals surface area contributed by atoms with Crippen LogP contribution in [0, 0.1) is 0 Å². The molecule has 144 valence electrons. The summed E-state index contributed by atoms with van der Waals surface area (Å²) in [5, 5.41) is 4.28. The molecule has 0 saturated heterocycles. The van der Waals surface area contributed by atoms with Crippen LogP contribution in [-0.4, -0.2) is 57.2 Å². The highest BCUT2D eigenvalue weighted by Crippen LogP contribution is 2.26. The fourth-order valence-electron chi connectivity index (χ4n) is 2.87. The minimum atomic E-state index is -0.342. The Kier molecular flexibility index (Phi) is 5.25. The van der Waals surface area contributed by atoms with Gasteiger partial charge in [-0.15, -0.1) is 5.10 Å². The van der Waals surface area contributed by atoms with Crippen molar-refractivity contribution in [3.8, 4) is 0 Å². The maximum Gasteiger partial charge on any atom is 0.281 e. The molecule has 3 heterocycles. The molecule has 8 nitrogen and oxygen atoms in total. The molecule has 2 aromatic heterocycles. The first-order valence-electron chi connectivity index (χ1n) is 8.50. The quantitative estimate of drug-likeness (QED) is 0.428. The van der Waals surface area contributed by atoms with Gasteiger partial charge >= 0.3 is 0 Å². The van der Waals surface area contributed by atoms with Gasteiger partial charge in [-0.2, -0.15) is 4.52 Å². The molecule has 0 radical (unpaired) electrons. The van der Waals surface area contributed by atoms with E-state index in [1.165, 1.54) is 27.6 Å². The van der Waals surface area contributed by atoms with Gasteiger partial charge in [0, 0.05) is 19.2 Å². The van der Waals surface area contributed by atoms with Gasteiger partial charge in [-0.1, -0.05) is 53.4 Å². The molecule has 1 aliphatic heterocycles. The maximum absolute atomic E-state index is 12.7. The van der Waals surface area contributed by atoms with E-state index in [2.05, 4.69) is 10.1 Å². The van der Waals surface area contributed by atoms with E-state index in [1.807, 2.05) is 18.2 Å². The van der Waals surface area contributed by atoms with Gasteiger partial charge in [-0.25, -0.2) is 4.98 Å². The highest BCUT2D eigenvalue weighted by atomic mass is 32.2. The number of rotatable bonds is 7. The summed E-state index contributed by atoms with van der Waals surface area (Å²) in [4.78, 5) is 43.7. The molecule has 3 aromatic rings. The van der Waals surface area contributed by atoms with Crippen LogP contribution in [0.2, 0.25) is 0 Å². The third-order valence-electron chi connectivity index (χ3n) is 4.31. The standard InChI is InChI=1S/C18H16N4O4S2/c1-26-8-7-21-9-12-14(16(21)25)19-17-22(15(12)24)20-18(28-17)27-10-13(23)11-5-3-2-4-6-11/h2-6H,7-10H2,1H3. The fourth-order valence-corrected chi connectivity index (χ4v) is 4.69. The van der Waals surface area contributed by atoms with Crippen molar-refractivity contribution in [2.45, 2.75) is 10.9 Å². The number of Topliss-reactive ketones (excluding diaryl/α,β-unsaturated/α-hetero) is 1. The van der Waals surface area contributed by atoms with Crippen LogP contribution in [0.1, 0.15) is 26.4 Å². The van der Waals surface area contributed by atoms with Crippen molar-refractivity contribution in [1.29, 1.82) is 0 Å². The number of benzene rings is 1. The number of carbonyl (C=O) groups excluding carboxylic acids is 2. The lowest BCUT2D eigenvalue weighted by Gasteiger charge is -2.13. The molecular weight excluding hydrogens is 400 g/mol. The number of amides is 1. The first-order chi connectivity index (χ1) is 13.6. The Morgan fingerprint density at radius 3 is 2.82 bits per heavy atom. The van der Waals surface area contributed by atoms with Crippen molar-refractivity contribution in [2.75, 3.05) is 26.0 Å². The molecule has 0 fully saturated rings. The Labute approximate surface area is 168 Å². The molecular formula is C18H16N4O4S2. The Morgan fingerprint density at radius 1 is 1.29 bits per heavy atom. The van der Waals surface area contributed by atoms with E-state index in [0.29, 0.717) is 33.6 Å². The van der Waals surface area contributed by atoms with Crippen molar-refractivity contribution in [2.24, 2.45) is 0 Å². The second-order valence-electron chi connectivity index (χ2n) is 6.10. The predicted octanol–water partition coefficient (Wildman–Crippen LogP) is 1.73. The average Bonchev–Trinajstić information content (AvgIpc) is 3.27. The normalized spacial score (nSPS) is 13.3. The highest BCUT2D eigenvalue weighted by molar-refractivity contribution is 8.01. The fraction of sp³-hybridized carbons (Fsp3) is 0.278. The highest BCUT2D eigenvalue weighted by Gasteiger charge is 2.32. The minimum Gasteiger partial charge on any atom is -0.383 e. The summed E-state index contributed by atoms with van der Waals surface area (Å²) < 4.78 is 6.77. The van der Waals surface area contributed by atoms with Gasteiger partial charge in [0.25, 0.3) is 11.5 Å². The summed E-state index contributed by atoms with van der Waals surface area (Å²) in [7, 11) is 1.56. The number of thioether (sulfide) groups is 1. The summed E-state index contributed by atoms with van der Waals surface area (Å²) in [6, 6.07) is 9.01. The molecule has 1 aromatic carbocycles. The van der Waals surface area contributed by atoms with Crippen LogP contribution < -0.4 is 5.56 Å². The zero-order valence-corrected chi connectivity index (χ0v) is 16.6. The summed E-state index contributed by atoms with van der Waals surface area (Å²) in [5.41, 5.74) is 0.820. The summed E-state index contributed by atoms with van der Waals surface area (Å²) in [5.74, 6) is -0.0766. The first kappa shape index (κ1) is 18.8. The SMILES string of the molecule is COCCN1Cc2c(nc3sc(SCC(=O)c4ccccc4)nn3c2=O)C1=O. The van der Waals surface area contributed by atoms with Gasteiger partial charge < -0.3 is 9.64 Å². The summed E-state index contributed by atoms with van der Waals surface area (Å²) >= 11 is 2.45. The number of hydrogen-bond donors (Lipinski definition) is 0. The number of nitrogens with zero attached hydrogens (tertiary/aromatic N) is 4. The average molecular weight is 416 g/mol. The van der Waals surface area contributed by atoms with Gasteiger partial charge in [0.1, 0.15) is 5.69 Å². The number of methoxy groups -OCH3 is 1. The van der Waals surface area contributed by atoms with Crippen LogP contribution >= 0.6 is 23.1 Å². The van der Waals surface area contributed by atoms with Crippen LogP contribution in [-0.2, 0) is 11.3 Å². The predicted molar refractivity (Wildman–Crippen MR) is 105 cm³/mol. The molecule has 0 saturated carbocycles. The van der Waals surface area contributed by atoms with Crippen molar-refractivity contribution in [1.82, 2.24) is 19.5 Å². The zero-order chi connectivity index (χ0) is 19.7. The van der Waals surface area contributed by atoms with Crippen LogP contribution in [0.25, 0.3) is 4.96 Å². The third kappa shape index (κ3) is 3.46. The lowest BCUT2D eigenvalue weighted by atomic mass is 10.2. The minimum absolute atomic E-state index is 0.0170. The number of ketones is 1. The van der Waals surface area contributed by atoms with E-state index in [-0.39, 0.29) is 35.2 Å². The van der Waals surface area contributed by atoms with Crippen molar-refractivity contribution >= 4 is 39.7 Å². The second kappa shape index (κ2) is 7.82. The second-order valence-corrected chi connectivity index (χ2v) is 8.28. The molecule has 1 aliphatic rings. The Balaban J connectivity index is 1.55. The molecule has 10 heteroatoms. The maximum atomic E-state index is 12.7. The van der Waals surface area contributed by atoms with Crippen LogP contribution in [0.3, 0.4) is 0 Å². The lowest BCUT2D eigenvalue weighted by Crippen LogP contribution is -2.28. The Hall–Kier alpha value is -2.56. The number of carbonyl (C=O) groups is 2. The number of fused-ring (bicyclic) bond motifs is 2. The molecule has 1 amide bonds. The summed E-state index contributed by atoms with van der Waals surface area (Å²) in [6.45, 7) is 1.00. The monoisotopic (exact) mass is 416 g/mol. The van der Waals surface area contributed by atoms with E-state index in [9.17, 15) is 14.4 Å². The lowest BCUT2D eigenvalue weighted by molar-refractivity contribution is 0.0715. The molecule has 0 spiro atoms. The molecule has 0 N–H and O–H groups in total. The topological polar surface area (TPSA) is 93.9 Å². The van der Waals surface area contributed by atoms with Crippen molar-refractivity contribution < 1.29 is 14.3 Å². The molecule has 28 heavy (non-hydrogen) atoms. The van der Waals surface area contributed by atoms with Gasteiger partial charge in [-0.05, 0) is 0 Å². The molecule has 0 atom stereocenters. The van der Waals surface area contributed by atoms with E-state index < -0.39 is 0 Å². The van der Waals surface area contributed by atoms with Gasteiger partial charge in [0.15, 0.2) is 10.1 Å². The van der Waals surface area contributed by atoms with Gasteiger partial charge in [0.2, 0.25) is 4.96 Å². The number of hydrogen-bond acceptors (Lipinski definition) is 8. The Bertz CT molecular complexity index is 1110. The Morgan fingerprint density at radius 2 is 2.07 bits per heavy atom. The van der Waals surface area contributed by atoms with Crippen LogP contribution in [0.15, 0.2) is 39.5 Å². The van der Waals surface area contributed by atoms with Gasteiger partial charge in [-0.3, -0.25) is 14.4 Å². The molecule has 4 rings (SSSR count). The summed E-state index contributed by atoms with van der Waals surface area (Å²) in [6.07, 6.45) is 0. The molecule has 0 unspecified atom stereocenters. The number of aromatic nitrogens is 3. The molecule has 0 bridgehead atoms. The van der Waals surface area contributed by atoms with E-state index >= 15 is 0 Å². The first-order valence-corrected chi connectivity index (χ1v) is 10.3. The largest absolute Gasteiger partial charge is 0.383 e. The molecule has 0 aliphatic carbocycles. The van der Waals surface area contributed by atoms with Crippen LogP contribution in [0.5, 0.6) is 0 Å². The van der Waals surface area contributed by atoms with Gasteiger partial charge in [0.05, 0.1) is 24.5 Å². The van der Waals surface area contributed by atoms with Crippen molar-refractivity contribution in [3.63, 3.8) is 0 Å². The van der Waals surface area contributed by atoms with E-state index in [1.54, 1.807) is 24.1 Å². The number of ether oxygens (including phenoxy) is 1. The third-order valence-corrected chi connectivity index (χ3v) is 6.35. The zero-order valence-electron chi connectivity index (χ0n) is 15.0. The van der Waals surface area contributed by atoms with E-state index in [0.717, 1.165) is 0 Å².